The Bertz CT molecular complexity index is 189. The number of hydrogen-bond donors (Lipinski definition) is 3. The Morgan fingerprint density at radius 3 is 2.83 bits per heavy atom. The Balaban J connectivity index is 1.76. The van der Waals surface area contributed by atoms with Crippen molar-refractivity contribution in [2.75, 3.05) is 6.54 Å². The van der Waals surface area contributed by atoms with Crippen LogP contribution in [0.5, 0.6) is 0 Å². The topological polar surface area (TPSA) is 67.1 Å². The summed E-state index contributed by atoms with van der Waals surface area (Å²) in [6, 6.07) is 0.494. The van der Waals surface area contributed by atoms with Crippen molar-refractivity contribution in [3.8, 4) is 0 Å². The maximum absolute atomic E-state index is 11.4. The third-order valence-corrected chi connectivity index (χ3v) is 2.54. The van der Waals surface area contributed by atoms with Gasteiger partial charge in [-0.3, -0.25) is 4.79 Å². The highest BCUT2D eigenvalue weighted by atomic mass is 16.2. The van der Waals surface area contributed by atoms with Crippen molar-refractivity contribution in [1.29, 1.82) is 0 Å². The Morgan fingerprint density at radius 1 is 1.58 bits per heavy atom. The lowest BCUT2D eigenvalue weighted by Gasteiger charge is -2.09. The first kappa shape index (κ1) is 8.01. The lowest BCUT2D eigenvalue weighted by molar-refractivity contribution is -0.122. The molecule has 0 aromatic heterocycles. The average molecular weight is 169 g/mol. The predicted molar refractivity (Wildman–Crippen MR) is 45.5 cm³/mol. The Hall–Kier alpha value is -0.610. The molecule has 4 N–H and O–H groups in total. The predicted octanol–water partition coefficient (Wildman–Crippen LogP) is -1.05. The molecule has 2 unspecified atom stereocenters. The standard InChI is InChI=1S/C8H15N3O/c9-5-4-7(5)11-8(12)6-2-1-3-10-6/h5-7,10H,1-4,9H2,(H,11,12)/t5?,6-,7?/m0/s1. The van der Waals surface area contributed by atoms with Crippen LogP contribution in [0.3, 0.4) is 0 Å². The van der Waals surface area contributed by atoms with E-state index in [2.05, 4.69) is 10.6 Å². The minimum absolute atomic E-state index is 0.0396. The molecular weight excluding hydrogens is 154 g/mol. The molecule has 1 saturated carbocycles. The molecule has 2 rings (SSSR count). The van der Waals surface area contributed by atoms with Crippen LogP contribution in [0.25, 0.3) is 0 Å². The van der Waals surface area contributed by atoms with Crippen LogP contribution in [0.1, 0.15) is 19.3 Å². The quantitative estimate of drug-likeness (QED) is 0.494. The fourth-order valence-corrected chi connectivity index (χ4v) is 1.57. The van der Waals surface area contributed by atoms with E-state index < -0.39 is 0 Å². The minimum Gasteiger partial charge on any atom is -0.350 e. The smallest absolute Gasteiger partial charge is 0.237 e. The summed E-state index contributed by atoms with van der Waals surface area (Å²) < 4.78 is 0. The van der Waals surface area contributed by atoms with Gasteiger partial charge < -0.3 is 16.4 Å². The van der Waals surface area contributed by atoms with Gasteiger partial charge in [-0.05, 0) is 25.8 Å². The normalized spacial score (nSPS) is 39.6. The van der Waals surface area contributed by atoms with Crippen molar-refractivity contribution >= 4 is 5.91 Å². The zero-order chi connectivity index (χ0) is 8.55. The largest absolute Gasteiger partial charge is 0.350 e. The van der Waals surface area contributed by atoms with Gasteiger partial charge in [0.1, 0.15) is 0 Å². The summed E-state index contributed by atoms with van der Waals surface area (Å²) in [5.74, 6) is 0.130. The fourth-order valence-electron chi connectivity index (χ4n) is 1.57. The highest BCUT2D eigenvalue weighted by Gasteiger charge is 2.36. The molecule has 4 nitrogen and oxygen atoms in total. The lowest BCUT2D eigenvalue weighted by atomic mass is 10.2. The molecule has 2 aliphatic rings. The summed E-state index contributed by atoms with van der Waals surface area (Å²) in [6.45, 7) is 0.967. The molecule has 68 valence electrons. The second kappa shape index (κ2) is 3.03. The lowest BCUT2D eigenvalue weighted by Crippen LogP contribution is -2.42. The van der Waals surface area contributed by atoms with Gasteiger partial charge in [0.15, 0.2) is 0 Å². The maximum Gasteiger partial charge on any atom is 0.237 e. The summed E-state index contributed by atoms with van der Waals surface area (Å²) in [4.78, 5) is 11.4. The first-order chi connectivity index (χ1) is 5.77. The van der Waals surface area contributed by atoms with Crippen LogP contribution in [-0.4, -0.2) is 30.6 Å². The van der Waals surface area contributed by atoms with Crippen molar-refractivity contribution in [1.82, 2.24) is 10.6 Å². The van der Waals surface area contributed by atoms with Gasteiger partial charge >= 0.3 is 0 Å². The van der Waals surface area contributed by atoms with E-state index in [1.807, 2.05) is 0 Å². The van der Waals surface area contributed by atoms with Gasteiger partial charge in [0.05, 0.1) is 6.04 Å². The van der Waals surface area contributed by atoms with Gasteiger partial charge in [0.25, 0.3) is 0 Å². The van der Waals surface area contributed by atoms with Crippen molar-refractivity contribution in [2.24, 2.45) is 5.73 Å². The van der Waals surface area contributed by atoms with E-state index in [-0.39, 0.29) is 24.0 Å². The molecule has 0 aromatic rings. The molecule has 1 heterocycles. The van der Waals surface area contributed by atoms with E-state index >= 15 is 0 Å². The van der Waals surface area contributed by atoms with Gasteiger partial charge in [0.2, 0.25) is 5.91 Å². The average Bonchev–Trinajstić information content (AvgIpc) is 2.58. The summed E-state index contributed by atoms with van der Waals surface area (Å²) in [5, 5.41) is 6.07. The number of rotatable bonds is 2. The van der Waals surface area contributed by atoms with Crippen LogP contribution < -0.4 is 16.4 Å². The molecule has 4 heteroatoms. The Morgan fingerprint density at radius 2 is 2.33 bits per heavy atom. The number of carbonyl (C=O) groups excluding carboxylic acids is 1. The molecular formula is C8H15N3O. The van der Waals surface area contributed by atoms with Gasteiger partial charge in [-0.1, -0.05) is 0 Å². The zero-order valence-electron chi connectivity index (χ0n) is 7.05. The number of nitrogens with one attached hydrogen (secondary N) is 2. The second-order valence-electron chi connectivity index (χ2n) is 3.66. The van der Waals surface area contributed by atoms with Crippen LogP contribution in [0.2, 0.25) is 0 Å². The van der Waals surface area contributed by atoms with E-state index in [0.717, 1.165) is 25.8 Å². The van der Waals surface area contributed by atoms with E-state index in [9.17, 15) is 4.79 Å². The molecule has 0 radical (unpaired) electrons. The molecule has 1 aliphatic carbocycles. The van der Waals surface area contributed by atoms with E-state index in [4.69, 9.17) is 5.73 Å². The fraction of sp³-hybridized carbons (Fsp3) is 0.875. The van der Waals surface area contributed by atoms with Gasteiger partial charge in [-0.15, -0.1) is 0 Å². The molecule has 1 amide bonds. The van der Waals surface area contributed by atoms with Crippen molar-refractivity contribution in [3.63, 3.8) is 0 Å². The highest BCUT2D eigenvalue weighted by molar-refractivity contribution is 5.82. The zero-order valence-corrected chi connectivity index (χ0v) is 7.05. The van der Waals surface area contributed by atoms with Gasteiger partial charge in [0, 0.05) is 12.1 Å². The molecule has 2 fully saturated rings. The van der Waals surface area contributed by atoms with Gasteiger partial charge in [-0.25, -0.2) is 0 Å². The number of amides is 1. The maximum atomic E-state index is 11.4. The van der Waals surface area contributed by atoms with E-state index in [1.54, 1.807) is 0 Å². The summed E-state index contributed by atoms with van der Waals surface area (Å²) in [7, 11) is 0. The third kappa shape index (κ3) is 1.59. The summed E-state index contributed by atoms with van der Waals surface area (Å²) in [6.07, 6.45) is 3.01. The molecule has 3 atom stereocenters. The van der Waals surface area contributed by atoms with Crippen LogP contribution in [0, 0.1) is 0 Å². The molecule has 0 bridgehead atoms. The van der Waals surface area contributed by atoms with Crippen molar-refractivity contribution in [3.05, 3.63) is 0 Å². The second-order valence-corrected chi connectivity index (χ2v) is 3.66. The van der Waals surface area contributed by atoms with E-state index in [0.29, 0.717) is 0 Å². The molecule has 0 spiro atoms. The van der Waals surface area contributed by atoms with Crippen LogP contribution in [0.15, 0.2) is 0 Å². The molecule has 0 aromatic carbocycles. The number of carbonyl (C=O) groups is 1. The summed E-state index contributed by atoms with van der Waals surface area (Å²) in [5.41, 5.74) is 5.58. The molecule has 1 aliphatic heterocycles. The highest BCUT2D eigenvalue weighted by Crippen LogP contribution is 2.18. The molecule has 1 saturated heterocycles. The first-order valence-electron chi connectivity index (χ1n) is 4.57. The van der Waals surface area contributed by atoms with Crippen LogP contribution >= 0.6 is 0 Å². The molecule has 12 heavy (non-hydrogen) atoms. The van der Waals surface area contributed by atoms with E-state index in [1.165, 1.54) is 0 Å². The Kier molecular flexibility index (Phi) is 2.02. The Labute approximate surface area is 71.9 Å². The van der Waals surface area contributed by atoms with Crippen LogP contribution in [0.4, 0.5) is 0 Å². The van der Waals surface area contributed by atoms with Crippen molar-refractivity contribution < 1.29 is 4.79 Å². The van der Waals surface area contributed by atoms with Crippen LogP contribution in [-0.2, 0) is 4.79 Å². The first-order valence-corrected chi connectivity index (χ1v) is 4.57. The monoisotopic (exact) mass is 169 g/mol. The SMILES string of the molecule is NC1CC1NC(=O)[C@@H]1CCCN1. The third-order valence-electron chi connectivity index (χ3n) is 2.54. The van der Waals surface area contributed by atoms with Crippen molar-refractivity contribution in [2.45, 2.75) is 37.4 Å². The number of nitrogens with two attached hydrogens (primary N) is 1. The number of hydrogen-bond acceptors (Lipinski definition) is 3. The summed E-state index contributed by atoms with van der Waals surface area (Å²) >= 11 is 0. The van der Waals surface area contributed by atoms with Gasteiger partial charge in [-0.2, -0.15) is 0 Å². The minimum atomic E-state index is 0.0396.